The fraction of sp³-hybridized carbons (Fsp3) is 0.200. The minimum Gasteiger partial charge on any atom is -0.480 e. The summed E-state index contributed by atoms with van der Waals surface area (Å²) in [6, 6.07) is 10.7. The first-order valence-corrected chi connectivity index (χ1v) is 4.13. The van der Waals surface area contributed by atoms with Gasteiger partial charge in [-0.2, -0.15) is 4.99 Å². The summed E-state index contributed by atoms with van der Waals surface area (Å²) in [7, 11) is 0. The van der Waals surface area contributed by atoms with Crippen molar-refractivity contribution in [2.45, 2.75) is 13.0 Å². The largest absolute Gasteiger partial charge is 0.480 e. The van der Waals surface area contributed by atoms with Gasteiger partial charge in [-0.05, 0) is 19.1 Å². The molecule has 0 bridgehead atoms. The average molecular weight is 190 g/mol. The number of carboxylic acids is 1. The summed E-state index contributed by atoms with van der Waals surface area (Å²) in [5.74, 6) is -0.985. The number of carboxylic acid groups (broad SMARTS) is 1. The van der Waals surface area contributed by atoms with E-state index in [0.29, 0.717) is 5.69 Å². The molecule has 0 fully saturated rings. The van der Waals surface area contributed by atoms with Crippen molar-refractivity contribution in [3.05, 3.63) is 30.3 Å². The molecule has 4 nitrogen and oxygen atoms in total. The molecule has 1 atom stereocenters. The molecule has 0 aliphatic carbocycles. The summed E-state index contributed by atoms with van der Waals surface area (Å²) >= 11 is 0. The molecule has 0 saturated heterocycles. The second-order valence-corrected chi connectivity index (χ2v) is 2.69. The van der Waals surface area contributed by atoms with Crippen molar-refractivity contribution in [3.8, 4) is 0 Å². The van der Waals surface area contributed by atoms with Gasteiger partial charge in [-0.3, -0.25) is 0 Å². The summed E-state index contributed by atoms with van der Waals surface area (Å²) in [5, 5.41) is 8.50. The Hall–Kier alpha value is -1.93. The summed E-state index contributed by atoms with van der Waals surface area (Å²) in [6.07, 6.45) is 0. The molecule has 0 aliphatic heterocycles. The topological polar surface area (TPSA) is 62.0 Å². The fourth-order valence-electron chi connectivity index (χ4n) is 0.731. The van der Waals surface area contributed by atoms with Crippen molar-refractivity contribution in [1.29, 1.82) is 0 Å². The predicted molar refractivity (Wildman–Crippen MR) is 53.1 cm³/mol. The third kappa shape index (κ3) is 3.21. The number of aliphatic carboxylic acids is 1. The zero-order valence-corrected chi connectivity index (χ0v) is 7.71. The number of hydrogen-bond acceptors (Lipinski definition) is 3. The molecule has 0 amide bonds. The second-order valence-electron chi connectivity index (χ2n) is 2.69. The van der Waals surface area contributed by atoms with Crippen LogP contribution in [0.4, 0.5) is 5.69 Å². The van der Waals surface area contributed by atoms with Crippen molar-refractivity contribution in [3.63, 3.8) is 0 Å². The average Bonchev–Trinajstić information content (AvgIpc) is 2.19. The van der Waals surface area contributed by atoms with Crippen LogP contribution in [0, 0.1) is 0 Å². The molecule has 1 rings (SSSR count). The lowest BCUT2D eigenvalue weighted by Crippen LogP contribution is -2.12. The molecule has 0 spiro atoms. The van der Waals surface area contributed by atoms with E-state index >= 15 is 0 Å². The van der Waals surface area contributed by atoms with Crippen LogP contribution in [0.5, 0.6) is 0 Å². The van der Waals surface area contributed by atoms with Crippen molar-refractivity contribution in [1.82, 2.24) is 0 Å². The molecule has 14 heavy (non-hydrogen) atoms. The molecule has 1 aromatic carbocycles. The van der Waals surface area contributed by atoms with E-state index in [-0.39, 0.29) is 0 Å². The first-order valence-electron chi connectivity index (χ1n) is 4.13. The Morgan fingerprint density at radius 2 is 2.07 bits per heavy atom. The van der Waals surface area contributed by atoms with Crippen LogP contribution in [-0.4, -0.2) is 23.1 Å². The molecular formula is C10H10N2O2. The number of rotatable bonds is 3. The normalized spacial score (nSPS) is 11.2. The number of carbonyl (C=O) groups is 1. The third-order valence-electron chi connectivity index (χ3n) is 1.54. The Morgan fingerprint density at radius 3 is 2.64 bits per heavy atom. The molecule has 4 heteroatoms. The smallest absolute Gasteiger partial charge is 0.329 e. The van der Waals surface area contributed by atoms with Gasteiger partial charge in [-0.15, -0.1) is 0 Å². The van der Waals surface area contributed by atoms with Crippen molar-refractivity contribution < 1.29 is 9.90 Å². The van der Waals surface area contributed by atoms with Crippen LogP contribution >= 0.6 is 0 Å². The number of nitrogens with zero attached hydrogens (tertiary/aromatic N) is 2. The van der Waals surface area contributed by atoms with Gasteiger partial charge in [0.15, 0.2) is 6.04 Å². The van der Waals surface area contributed by atoms with E-state index in [2.05, 4.69) is 16.0 Å². The fourth-order valence-corrected chi connectivity index (χ4v) is 0.731. The van der Waals surface area contributed by atoms with Gasteiger partial charge in [0.05, 0.1) is 11.7 Å². The number of benzene rings is 1. The third-order valence-corrected chi connectivity index (χ3v) is 1.54. The van der Waals surface area contributed by atoms with E-state index < -0.39 is 12.0 Å². The zero-order chi connectivity index (χ0) is 10.4. The Kier molecular flexibility index (Phi) is 3.58. The van der Waals surface area contributed by atoms with Crippen LogP contribution in [0.25, 0.3) is 0 Å². The lowest BCUT2D eigenvalue weighted by atomic mass is 10.3. The van der Waals surface area contributed by atoms with Crippen molar-refractivity contribution in [2.75, 3.05) is 0 Å². The van der Waals surface area contributed by atoms with Crippen LogP contribution in [0.3, 0.4) is 0 Å². The van der Waals surface area contributed by atoms with Gasteiger partial charge in [0.2, 0.25) is 0 Å². The molecule has 1 N–H and O–H groups in total. The molecule has 0 radical (unpaired) electrons. The quantitative estimate of drug-likeness (QED) is 0.740. The van der Waals surface area contributed by atoms with E-state index in [0.717, 1.165) is 0 Å². The molecule has 0 heterocycles. The van der Waals surface area contributed by atoms with Gasteiger partial charge in [-0.25, -0.2) is 9.79 Å². The van der Waals surface area contributed by atoms with Gasteiger partial charge in [0, 0.05) is 0 Å². The molecule has 0 aliphatic rings. The van der Waals surface area contributed by atoms with Crippen LogP contribution in [-0.2, 0) is 4.79 Å². The molecule has 0 aromatic heterocycles. The maximum absolute atomic E-state index is 10.4. The minimum absolute atomic E-state index is 0.703. The lowest BCUT2D eigenvalue weighted by molar-refractivity contribution is -0.137. The predicted octanol–water partition coefficient (Wildman–Crippen LogP) is 1.97. The highest BCUT2D eigenvalue weighted by Gasteiger charge is 2.05. The van der Waals surface area contributed by atoms with Crippen LogP contribution < -0.4 is 0 Å². The van der Waals surface area contributed by atoms with Gasteiger partial charge in [0.25, 0.3) is 0 Å². The Labute approximate surface area is 81.6 Å². The number of para-hydroxylation sites is 1. The Balaban J connectivity index is 2.69. The highest BCUT2D eigenvalue weighted by molar-refractivity contribution is 5.74. The molecule has 1 unspecified atom stereocenters. The second kappa shape index (κ2) is 4.94. The summed E-state index contributed by atoms with van der Waals surface area (Å²) in [5.41, 5.74) is 0.703. The van der Waals surface area contributed by atoms with E-state index in [4.69, 9.17) is 5.11 Å². The summed E-state index contributed by atoms with van der Waals surface area (Å²) < 4.78 is 0. The molecule has 72 valence electrons. The van der Waals surface area contributed by atoms with E-state index in [9.17, 15) is 4.79 Å². The maximum Gasteiger partial charge on any atom is 0.329 e. The highest BCUT2D eigenvalue weighted by atomic mass is 16.4. The SMILES string of the molecule is CC(N=C=Nc1ccccc1)C(=O)O. The first kappa shape index (κ1) is 10.2. The van der Waals surface area contributed by atoms with Crippen LogP contribution in [0.15, 0.2) is 40.3 Å². The standard InChI is InChI=1S/C10H10N2O2/c1-8(10(13)14)11-7-12-9-5-3-2-4-6-9/h2-6,8H,1H3,(H,13,14). The van der Waals surface area contributed by atoms with E-state index in [1.54, 1.807) is 12.1 Å². The van der Waals surface area contributed by atoms with Gasteiger partial charge < -0.3 is 5.11 Å². The minimum atomic E-state index is -0.985. The molecule has 1 aromatic rings. The van der Waals surface area contributed by atoms with Crippen molar-refractivity contribution in [2.24, 2.45) is 9.98 Å². The van der Waals surface area contributed by atoms with Gasteiger partial charge in [-0.1, -0.05) is 18.2 Å². The Morgan fingerprint density at radius 1 is 1.43 bits per heavy atom. The van der Waals surface area contributed by atoms with Gasteiger partial charge >= 0.3 is 5.97 Å². The van der Waals surface area contributed by atoms with Crippen molar-refractivity contribution >= 4 is 17.7 Å². The summed E-state index contributed by atoms with van der Waals surface area (Å²) in [4.78, 5) is 17.8. The maximum atomic E-state index is 10.4. The highest BCUT2D eigenvalue weighted by Crippen LogP contribution is 2.07. The first-order chi connectivity index (χ1) is 6.70. The number of hydrogen-bond donors (Lipinski definition) is 1. The van der Waals surface area contributed by atoms with Crippen LogP contribution in [0.1, 0.15) is 6.92 Å². The van der Waals surface area contributed by atoms with E-state index in [1.165, 1.54) is 6.92 Å². The zero-order valence-electron chi connectivity index (χ0n) is 7.71. The lowest BCUT2D eigenvalue weighted by Gasteiger charge is -1.92. The van der Waals surface area contributed by atoms with Crippen LogP contribution in [0.2, 0.25) is 0 Å². The molecule has 0 saturated carbocycles. The number of aliphatic imine (C=N–C) groups is 2. The summed E-state index contributed by atoms with van der Waals surface area (Å²) in [6.45, 7) is 1.47. The van der Waals surface area contributed by atoms with Gasteiger partial charge in [0.1, 0.15) is 0 Å². The Bertz CT molecular complexity index is 367. The molecular weight excluding hydrogens is 180 g/mol. The monoisotopic (exact) mass is 190 g/mol. The van der Waals surface area contributed by atoms with E-state index in [1.807, 2.05) is 18.2 Å².